The molecule has 0 fully saturated rings. The molecule has 1 aromatic heterocycles. The monoisotopic (exact) mass is 322 g/mol. The third-order valence-corrected chi connectivity index (χ3v) is 4.99. The lowest BCUT2D eigenvalue weighted by Gasteiger charge is -2.10. The Kier molecular flexibility index (Phi) is 3.74. The molecule has 7 heteroatoms. The van der Waals surface area contributed by atoms with Crippen LogP contribution in [0, 0.1) is 5.82 Å². The van der Waals surface area contributed by atoms with Crippen molar-refractivity contribution < 1.29 is 17.6 Å². The second-order valence-electron chi connectivity index (χ2n) is 5.29. The molecule has 0 bridgehead atoms. The van der Waals surface area contributed by atoms with Crippen molar-refractivity contribution in [2.24, 2.45) is 0 Å². The summed E-state index contributed by atoms with van der Waals surface area (Å²) in [5, 5.41) is 4.70. The van der Waals surface area contributed by atoms with E-state index in [2.05, 4.69) is 5.32 Å². The first-order chi connectivity index (χ1) is 10.4. The van der Waals surface area contributed by atoms with Gasteiger partial charge in [-0.25, -0.2) is 12.8 Å². The number of fused-ring (bicyclic) bond motifs is 1. The van der Waals surface area contributed by atoms with Crippen LogP contribution in [0.4, 0.5) is 4.39 Å². The van der Waals surface area contributed by atoms with Gasteiger partial charge in [-0.05, 0) is 35.7 Å². The largest absolute Gasteiger partial charge is 0.349 e. The van der Waals surface area contributed by atoms with Crippen molar-refractivity contribution in [3.8, 4) is 0 Å². The highest BCUT2D eigenvalue weighted by Gasteiger charge is 2.22. The molecule has 2 aromatic rings. The van der Waals surface area contributed by atoms with Crippen molar-refractivity contribution in [1.29, 1.82) is 0 Å². The molecule has 0 spiro atoms. The smallest absolute Gasteiger partial charge is 0.222 e. The highest BCUT2D eigenvalue weighted by Crippen LogP contribution is 2.17. The lowest BCUT2D eigenvalue weighted by Crippen LogP contribution is -2.35. The van der Waals surface area contributed by atoms with Crippen molar-refractivity contribution >= 4 is 26.6 Å². The molecular formula is C15H15FN2O3S. The van der Waals surface area contributed by atoms with Crippen molar-refractivity contribution in [1.82, 2.24) is 9.88 Å². The number of carbonyl (C=O) groups excluding carboxylic acids is 1. The lowest BCUT2D eigenvalue weighted by atomic mass is 10.2. The summed E-state index contributed by atoms with van der Waals surface area (Å²) in [5.74, 6) is -0.639. The maximum atomic E-state index is 13.3. The van der Waals surface area contributed by atoms with E-state index in [-0.39, 0.29) is 23.9 Å². The van der Waals surface area contributed by atoms with E-state index in [1.807, 2.05) is 6.07 Å². The molecule has 1 unspecified atom stereocenters. The number of carbonyl (C=O) groups is 1. The Morgan fingerprint density at radius 3 is 2.91 bits per heavy atom. The highest BCUT2D eigenvalue weighted by molar-refractivity contribution is 7.94. The van der Waals surface area contributed by atoms with Gasteiger partial charge in [0.05, 0.1) is 17.3 Å². The maximum Gasteiger partial charge on any atom is 0.222 e. The number of aryl methyl sites for hydroxylation is 1. The van der Waals surface area contributed by atoms with Crippen LogP contribution in [0.2, 0.25) is 0 Å². The minimum Gasteiger partial charge on any atom is -0.349 e. The molecule has 1 amide bonds. The average molecular weight is 322 g/mol. The SMILES string of the molecule is O=C(CCn1ccc2ccc(F)cc21)NC1C=CS(=O)(=O)C1. The minimum absolute atomic E-state index is 0.0869. The molecule has 1 aliphatic rings. The van der Waals surface area contributed by atoms with Gasteiger partial charge in [0, 0.05) is 24.6 Å². The summed E-state index contributed by atoms with van der Waals surface area (Å²) < 4.78 is 37.6. The number of sulfone groups is 1. The first-order valence-electron chi connectivity index (χ1n) is 6.88. The van der Waals surface area contributed by atoms with Crippen LogP contribution in [-0.4, -0.2) is 30.7 Å². The standard InChI is InChI=1S/C15H15FN2O3S/c16-12-2-1-11-3-6-18(14(11)9-12)7-4-15(19)17-13-5-8-22(20,21)10-13/h1-3,5-6,8-9,13H,4,7,10H2,(H,17,19). The molecule has 3 rings (SSSR count). The Labute approximate surface area is 127 Å². The summed E-state index contributed by atoms with van der Waals surface area (Å²) >= 11 is 0. The van der Waals surface area contributed by atoms with Crippen molar-refractivity contribution in [3.63, 3.8) is 0 Å². The van der Waals surface area contributed by atoms with Gasteiger partial charge in [0.25, 0.3) is 0 Å². The van der Waals surface area contributed by atoms with Crippen LogP contribution in [0.15, 0.2) is 41.9 Å². The molecule has 116 valence electrons. The van der Waals surface area contributed by atoms with Crippen LogP contribution in [0.3, 0.4) is 0 Å². The molecule has 0 aliphatic carbocycles. The van der Waals surface area contributed by atoms with E-state index in [0.717, 1.165) is 16.3 Å². The quantitative estimate of drug-likeness (QED) is 0.929. The van der Waals surface area contributed by atoms with Crippen LogP contribution in [0.25, 0.3) is 10.9 Å². The molecule has 5 nitrogen and oxygen atoms in total. The summed E-state index contributed by atoms with van der Waals surface area (Å²) in [4.78, 5) is 11.9. The summed E-state index contributed by atoms with van der Waals surface area (Å²) in [6.07, 6.45) is 3.48. The molecule has 0 saturated carbocycles. The van der Waals surface area contributed by atoms with Crippen molar-refractivity contribution in [3.05, 3.63) is 47.8 Å². The van der Waals surface area contributed by atoms with Gasteiger partial charge in [0.2, 0.25) is 5.91 Å². The summed E-state index contributed by atoms with van der Waals surface area (Å²) in [7, 11) is -3.17. The van der Waals surface area contributed by atoms with Gasteiger partial charge < -0.3 is 9.88 Å². The number of nitrogens with zero attached hydrogens (tertiary/aromatic N) is 1. The molecule has 1 aromatic carbocycles. The van der Waals surface area contributed by atoms with Gasteiger partial charge in [0.15, 0.2) is 9.84 Å². The molecule has 0 radical (unpaired) electrons. The molecule has 1 aliphatic heterocycles. The number of amides is 1. The van der Waals surface area contributed by atoms with Crippen LogP contribution in [0.5, 0.6) is 0 Å². The fourth-order valence-corrected chi connectivity index (χ4v) is 3.75. The fraction of sp³-hybridized carbons (Fsp3) is 0.267. The predicted molar refractivity (Wildman–Crippen MR) is 81.4 cm³/mol. The van der Waals surface area contributed by atoms with E-state index >= 15 is 0 Å². The first kappa shape index (κ1) is 14.8. The number of hydrogen-bond donors (Lipinski definition) is 1. The Balaban J connectivity index is 1.61. The topological polar surface area (TPSA) is 68.2 Å². The lowest BCUT2D eigenvalue weighted by molar-refractivity contribution is -0.121. The number of rotatable bonds is 4. The van der Waals surface area contributed by atoms with Crippen LogP contribution in [0.1, 0.15) is 6.42 Å². The normalized spacial score (nSPS) is 19.6. The average Bonchev–Trinajstić information content (AvgIpc) is 2.99. The van der Waals surface area contributed by atoms with Gasteiger partial charge in [0.1, 0.15) is 5.82 Å². The van der Waals surface area contributed by atoms with E-state index in [1.54, 1.807) is 16.8 Å². The Bertz CT molecular complexity index is 855. The third-order valence-electron chi connectivity index (χ3n) is 3.59. The molecule has 0 saturated heterocycles. The van der Waals surface area contributed by atoms with Crippen molar-refractivity contribution in [2.45, 2.75) is 19.0 Å². The van der Waals surface area contributed by atoms with E-state index in [4.69, 9.17) is 0 Å². The second kappa shape index (κ2) is 5.57. The summed E-state index contributed by atoms with van der Waals surface area (Å²) in [5.41, 5.74) is 0.733. The van der Waals surface area contributed by atoms with Gasteiger partial charge in [-0.15, -0.1) is 0 Å². The van der Waals surface area contributed by atoms with Crippen LogP contribution >= 0.6 is 0 Å². The van der Waals surface area contributed by atoms with Gasteiger partial charge >= 0.3 is 0 Å². The van der Waals surface area contributed by atoms with Gasteiger partial charge in [-0.3, -0.25) is 4.79 Å². The molecule has 2 heterocycles. The summed E-state index contributed by atoms with van der Waals surface area (Å²) in [6.45, 7) is 0.405. The Morgan fingerprint density at radius 1 is 1.36 bits per heavy atom. The number of aromatic nitrogens is 1. The number of nitrogens with one attached hydrogen (secondary N) is 1. The zero-order valence-electron chi connectivity index (χ0n) is 11.7. The zero-order valence-corrected chi connectivity index (χ0v) is 12.5. The van der Waals surface area contributed by atoms with E-state index in [0.29, 0.717) is 6.54 Å². The van der Waals surface area contributed by atoms with Crippen LogP contribution in [-0.2, 0) is 21.2 Å². The van der Waals surface area contributed by atoms with Gasteiger partial charge in [-0.1, -0.05) is 0 Å². The number of benzene rings is 1. The Morgan fingerprint density at radius 2 is 2.18 bits per heavy atom. The third kappa shape index (κ3) is 3.19. The second-order valence-corrected chi connectivity index (χ2v) is 7.23. The molecular weight excluding hydrogens is 307 g/mol. The number of halogens is 1. The predicted octanol–water partition coefficient (Wildman–Crippen LogP) is 1.60. The van der Waals surface area contributed by atoms with E-state index < -0.39 is 15.9 Å². The molecule has 1 atom stereocenters. The van der Waals surface area contributed by atoms with E-state index in [9.17, 15) is 17.6 Å². The minimum atomic E-state index is -3.17. The Hall–Kier alpha value is -2.15. The molecule has 22 heavy (non-hydrogen) atoms. The van der Waals surface area contributed by atoms with Crippen molar-refractivity contribution in [2.75, 3.05) is 5.75 Å². The molecule has 1 N–H and O–H groups in total. The fourth-order valence-electron chi connectivity index (χ4n) is 2.52. The number of hydrogen-bond acceptors (Lipinski definition) is 3. The van der Waals surface area contributed by atoms with Crippen LogP contribution < -0.4 is 5.32 Å². The maximum absolute atomic E-state index is 13.3. The van der Waals surface area contributed by atoms with E-state index in [1.165, 1.54) is 18.2 Å². The van der Waals surface area contributed by atoms with Gasteiger partial charge in [-0.2, -0.15) is 0 Å². The highest BCUT2D eigenvalue weighted by atomic mass is 32.2. The first-order valence-corrected chi connectivity index (χ1v) is 8.59. The summed E-state index contributed by atoms with van der Waals surface area (Å²) in [6, 6.07) is 5.91. The zero-order chi connectivity index (χ0) is 15.7.